The number of nitrogens with one attached hydrogen (secondary N) is 1. The number of amides is 1. The van der Waals surface area contributed by atoms with Crippen LogP contribution in [-0.2, 0) is 0 Å². The molecule has 2 rings (SSSR count). The second-order valence-corrected chi connectivity index (χ2v) is 4.72. The molecule has 0 aromatic rings. The molecule has 0 aromatic carbocycles. The van der Waals surface area contributed by atoms with Gasteiger partial charge in [0.1, 0.15) is 0 Å². The number of hydrogen-bond acceptors (Lipinski definition) is 2. The molecule has 2 aliphatic rings. The Bertz CT molecular complexity index is 298. The Hall–Kier alpha value is -1.24. The number of rotatable bonds is 2. The molecule has 0 aliphatic heterocycles. The fourth-order valence-corrected chi connectivity index (χ4v) is 3.13. The molecular weight excluding hydrogens is 180 g/mol. The Kier molecular flexibility index (Phi) is 1.91. The van der Waals surface area contributed by atoms with Crippen LogP contribution in [0.15, 0.2) is 0 Å². The molecule has 0 aromatic heterocycles. The van der Waals surface area contributed by atoms with Gasteiger partial charge in [0.15, 0.2) is 0 Å². The van der Waals surface area contributed by atoms with Crippen LogP contribution in [0.3, 0.4) is 0 Å². The van der Waals surface area contributed by atoms with Crippen molar-refractivity contribution in [3.63, 3.8) is 0 Å². The van der Waals surface area contributed by atoms with Crippen LogP contribution in [0.4, 0.5) is 4.79 Å². The second kappa shape index (κ2) is 2.88. The van der Waals surface area contributed by atoms with Crippen molar-refractivity contribution in [2.24, 2.45) is 5.41 Å². The third kappa shape index (κ3) is 1.33. The molecule has 0 unspecified atom stereocenters. The summed E-state index contributed by atoms with van der Waals surface area (Å²) in [6.45, 7) is 0. The van der Waals surface area contributed by atoms with Crippen molar-refractivity contribution >= 4 is 6.09 Å². The van der Waals surface area contributed by atoms with Crippen molar-refractivity contribution < 1.29 is 9.90 Å². The lowest BCUT2D eigenvalue weighted by Crippen LogP contribution is -2.44. The number of hydrogen-bond donors (Lipinski definition) is 2. The van der Waals surface area contributed by atoms with Crippen LogP contribution in [0.25, 0.3) is 0 Å². The maximum atomic E-state index is 10.6. The van der Waals surface area contributed by atoms with Crippen molar-refractivity contribution in [2.45, 2.75) is 44.1 Å². The van der Waals surface area contributed by atoms with Crippen LogP contribution in [0, 0.1) is 16.7 Å². The Balaban J connectivity index is 2.09. The summed E-state index contributed by atoms with van der Waals surface area (Å²) in [5, 5.41) is 20.1. The van der Waals surface area contributed by atoms with E-state index >= 15 is 0 Å². The van der Waals surface area contributed by atoms with Crippen molar-refractivity contribution in [1.29, 1.82) is 5.26 Å². The van der Waals surface area contributed by atoms with Crippen LogP contribution in [-0.4, -0.2) is 16.7 Å². The molecule has 4 heteroatoms. The first-order valence-corrected chi connectivity index (χ1v) is 4.98. The molecule has 0 saturated heterocycles. The quantitative estimate of drug-likeness (QED) is 0.704. The van der Waals surface area contributed by atoms with Gasteiger partial charge in [-0.3, -0.25) is 0 Å². The number of fused-ring (bicyclic) bond motifs is 2. The average molecular weight is 194 g/mol. The van der Waals surface area contributed by atoms with E-state index in [-0.39, 0.29) is 11.0 Å². The van der Waals surface area contributed by atoms with Crippen LogP contribution in [0.5, 0.6) is 0 Å². The molecule has 0 atom stereocenters. The summed E-state index contributed by atoms with van der Waals surface area (Å²) in [7, 11) is 0. The van der Waals surface area contributed by atoms with E-state index in [0.29, 0.717) is 6.42 Å². The third-order valence-corrected chi connectivity index (χ3v) is 3.81. The van der Waals surface area contributed by atoms with E-state index in [1.54, 1.807) is 0 Å². The van der Waals surface area contributed by atoms with Gasteiger partial charge in [-0.2, -0.15) is 5.26 Å². The number of nitriles is 1. The van der Waals surface area contributed by atoms with Gasteiger partial charge in [0.25, 0.3) is 0 Å². The van der Waals surface area contributed by atoms with E-state index in [1.807, 2.05) is 0 Å². The summed E-state index contributed by atoms with van der Waals surface area (Å²) in [4.78, 5) is 10.6. The first-order chi connectivity index (χ1) is 6.60. The van der Waals surface area contributed by atoms with Gasteiger partial charge in [0, 0.05) is 12.0 Å². The van der Waals surface area contributed by atoms with Gasteiger partial charge in [-0.1, -0.05) is 0 Å². The molecular formula is C10H14N2O2. The average Bonchev–Trinajstić information content (AvgIpc) is 2.58. The van der Waals surface area contributed by atoms with Gasteiger partial charge in [-0.25, -0.2) is 4.79 Å². The Morgan fingerprint density at radius 3 is 2.57 bits per heavy atom. The third-order valence-electron chi connectivity index (χ3n) is 3.81. The maximum absolute atomic E-state index is 10.6. The zero-order valence-electron chi connectivity index (χ0n) is 8.05. The minimum atomic E-state index is -0.931. The normalized spacial score (nSPS) is 39.4. The van der Waals surface area contributed by atoms with Crippen LogP contribution in [0.2, 0.25) is 0 Å². The minimum Gasteiger partial charge on any atom is -0.465 e. The van der Waals surface area contributed by atoms with Gasteiger partial charge < -0.3 is 10.4 Å². The molecule has 14 heavy (non-hydrogen) atoms. The van der Waals surface area contributed by atoms with Gasteiger partial charge in [0.2, 0.25) is 0 Å². The lowest BCUT2D eigenvalue weighted by atomic mass is 9.82. The highest BCUT2D eigenvalue weighted by atomic mass is 16.4. The van der Waals surface area contributed by atoms with Crippen molar-refractivity contribution in [2.75, 3.05) is 0 Å². The molecule has 2 saturated carbocycles. The Morgan fingerprint density at radius 1 is 1.43 bits per heavy atom. The van der Waals surface area contributed by atoms with Gasteiger partial charge in [-0.15, -0.1) is 0 Å². The molecule has 2 fully saturated rings. The van der Waals surface area contributed by atoms with E-state index in [4.69, 9.17) is 10.4 Å². The maximum Gasteiger partial charge on any atom is 0.405 e. The highest BCUT2D eigenvalue weighted by Gasteiger charge is 2.54. The SMILES string of the molecule is N#CCC12CCC(NC(=O)O)(CC1)C2. The topological polar surface area (TPSA) is 73.1 Å². The second-order valence-electron chi connectivity index (χ2n) is 4.72. The smallest absolute Gasteiger partial charge is 0.405 e. The summed E-state index contributed by atoms with van der Waals surface area (Å²) in [6, 6.07) is 2.22. The largest absolute Gasteiger partial charge is 0.465 e. The molecule has 0 spiro atoms. The molecule has 76 valence electrons. The fourth-order valence-electron chi connectivity index (χ4n) is 3.13. The highest BCUT2D eigenvalue weighted by molar-refractivity contribution is 5.66. The number of nitrogens with zero attached hydrogens (tertiary/aromatic N) is 1. The highest BCUT2D eigenvalue weighted by Crippen LogP contribution is 2.57. The molecule has 2 N–H and O–H groups in total. The number of carbonyl (C=O) groups is 1. The first kappa shape index (κ1) is 9.32. The molecule has 2 aliphatic carbocycles. The van der Waals surface area contributed by atoms with E-state index in [9.17, 15) is 4.79 Å². The van der Waals surface area contributed by atoms with E-state index < -0.39 is 6.09 Å². The zero-order valence-corrected chi connectivity index (χ0v) is 8.05. The van der Waals surface area contributed by atoms with Crippen molar-refractivity contribution in [3.05, 3.63) is 0 Å². The summed E-state index contributed by atoms with van der Waals surface area (Å²) in [5.41, 5.74) is -0.0834. The summed E-state index contributed by atoms with van der Waals surface area (Å²) < 4.78 is 0. The van der Waals surface area contributed by atoms with Crippen molar-refractivity contribution in [3.8, 4) is 6.07 Å². The first-order valence-electron chi connectivity index (χ1n) is 4.98. The van der Waals surface area contributed by atoms with Gasteiger partial charge in [0.05, 0.1) is 6.07 Å². The van der Waals surface area contributed by atoms with Crippen molar-refractivity contribution in [1.82, 2.24) is 5.32 Å². The standard InChI is InChI=1S/C10H14N2O2/c11-6-5-9-1-3-10(7-9,4-2-9)12-8(13)14/h12H,1-5,7H2,(H,13,14). The summed E-state index contributed by atoms with van der Waals surface area (Å²) in [6.07, 6.45) is 4.32. The summed E-state index contributed by atoms with van der Waals surface area (Å²) in [5.74, 6) is 0. The fraction of sp³-hybridized carbons (Fsp3) is 0.800. The van der Waals surface area contributed by atoms with E-state index in [2.05, 4.69) is 11.4 Å². The molecule has 4 nitrogen and oxygen atoms in total. The minimum absolute atomic E-state index is 0.122. The lowest BCUT2D eigenvalue weighted by molar-refractivity contribution is 0.177. The number of carboxylic acid groups (broad SMARTS) is 1. The zero-order chi connectivity index (χ0) is 10.2. The predicted molar refractivity (Wildman–Crippen MR) is 49.6 cm³/mol. The molecule has 2 bridgehead atoms. The van der Waals surface area contributed by atoms with Crippen LogP contribution < -0.4 is 5.32 Å². The van der Waals surface area contributed by atoms with Crippen LogP contribution in [0.1, 0.15) is 38.5 Å². The molecule has 0 radical (unpaired) electrons. The summed E-state index contributed by atoms with van der Waals surface area (Å²) >= 11 is 0. The van der Waals surface area contributed by atoms with Gasteiger partial charge in [-0.05, 0) is 37.5 Å². The van der Waals surface area contributed by atoms with Gasteiger partial charge >= 0.3 is 6.09 Å². The van der Waals surface area contributed by atoms with E-state index in [1.165, 1.54) is 0 Å². The van der Waals surface area contributed by atoms with E-state index in [0.717, 1.165) is 32.1 Å². The monoisotopic (exact) mass is 194 g/mol. The van der Waals surface area contributed by atoms with Crippen LogP contribution >= 0.6 is 0 Å². The molecule has 1 amide bonds. The Labute approximate surface area is 82.9 Å². The molecule has 0 heterocycles. The lowest BCUT2D eigenvalue weighted by Gasteiger charge is -2.26. The Morgan fingerprint density at radius 2 is 2.07 bits per heavy atom. The predicted octanol–water partition coefficient (Wildman–Crippen LogP) is 1.87.